The van der Waals surface area contributed by atoms with E-state index < -0.39 is 11.9 Å². The zero-order valence-corrected chi connectivity index (χ0v) is 16.8. The van der Waals surface area contributed by atoms with Crippen molar-refractivity contribution in [1.29, 1.82) is 0 Å². The lowest BCUT2D eigenvalue weighted by Crippen LogP contribution is -2.29. The SMILES string of the molecule is Cc1nnc(N2C(=O)c3oc4cc(C)c(C)cc4c(=O)c3C2c2ccncc2)s1. The van der Waals surface area contributed by atoms with Crippen molar-refractivity contribution in [3.63, 3.8) is 0 Å². The second-order valence-corrected chi connectivity index (χ2v) is 8.23. The molecule has 5 rings (SSSR count). The fourth-order valence-corrected chi connectivity index (χ4v) is 4.38. The number of aromatic nitrogens is 3. The van der Waals surface area contributed by atoms with Crippen LogP contribution in [0, 0.1) is 20.8 Å². The van der Waals surface area contributed by atoms with Crippen molar-refractivity contribution in [2.45, 2.75) is 26.8 Å². The molecule has 1 aliphatic heterocycles. The molecular formula is C21H16N4O3S. The summed E-state index contributed by atoms with van der Waals surface area (Å²) >= 11 is 1.30. The van der Waals surface area contributed by atoms with Crippen molar-refractivity contribution in [3.8, 4) is 0 Å². The Morgan fingerprint density at radius 1 is 1.03 bits per heavy atom. The molecule has 8 heteroatoms. The van der Waals surface area contributed by atoms with E-state index in [1.54, 1.807) is 30.6 Å². The number of anilines is 1. The molecule has 4 heterocycles. The van der Waals surface area contributed by atoms with Crippen LogP contribution in [0.25, 0.3) is 11.0 Å². The van der Waals surface area contributed by atoms with E-state index in [-0.39, 0.29) is 11.2 Å². The van der Waals surface area contributed by atoms with Gasteiger partial charge in [-0.25, -0.2) is 0 Å². The molecule has 1 amide bonds. The fourth-order valence-electron chi connectivity index (χ4n) is 3.67. The molecule has 1 unspecified atom stereocenters. The number of amides is 1. The van der Waals surface area contributed by atoms with Gasteiger partial charge in [-0.2, -0.15) is 0 Å². The van der Waals surface area contributed by atoms with Crippen molar-refractivity contribution in [2.75, 3.05) is 4.90 Å². The molecule has 0 bridgehead atoms. The average Bonchev–Trinajstić information content (AvgIpc) is 3.26. The zero-order chi connectivity index (χ0) is 20.3. The van der Waals surface area contributed by atoms with Crippen LogP contribution in [-0.4, -0.2) is 21.1 Å². The highest BCUT2D eigenvalue weighted by atomic mass is 32.1. The smallest absolute Gasteiger partial charge is 0.297 e. The third kappa shape index (κ3) is 2.60. The molecular weight excluding hydrogens is 388 g/mol. The van der Waals surface area contributed by atoms with E-state index in [9.17, 15) is 9.59 Å². The number of hydrogen-bond donors (Lipinski definition) is 0. The Hall–Kier alpha value is -3.39. The lowest BCUT2D eigenvalue weighted by atomic mass is 9.98. The van der Waals surface area contributed by atoms with Gasteiger partial charge in [0.1, 0.15) is 10.6 Å². The van der Waals surface area contributed by atoms with E-state index in [0.29, 0.717) is 21.7 Å². The maximum atomic E-state index is 13.5. The Kier molecular flexibility index (Phi) is 3.85. The summed E-state index contributed by atoms with van der Waals surface area (Å²) in [7, 11) is 0. The number of rotatable bonds is 2. The number of aryl methyl sites for hydroxylation is 3. The summed E-state index contributed by atoms with van der Waals surface area (Å²) < 4.78 is 5.99. The van der Waals surface area contributed by atoms with Crippen LogP contribution in [0.1, 0.15) is 43.9 Å². The second-order valence-electron chi connectivity index (χ2n) is 7.07. The highest BCUT2D eigenvalue weighted by Gasteiger charge is 2.45. The first-order valence-electron chi connectivity index (χ1n) is 9.07. The van der Waals surface area contributed by atoms with Gasteiger partial charge in [0.15, 0.2) is 5.43 Å². The quantitative estimate of drug-likeness (QED) is 0.506. The van der Waals surface area contributed by atoms with Gasteiger partial charge in [0.25, 0.3) is 5.91 Å². The molecule has 4 aromatic rings. The molecule has 0 aliphatic carbocycles. The standard InChI is InChI=1S/C21H16N4O3S/c1-10-8-14-15(9-11(10)2)28-19-16(18(14)26)17(13-4-6-22-7-5-13)25(20(19)27)21-24-23-12(3)29-21/h4-9,17H,1-3H3. The summed E-state index contributed by atoms with van der Waals surface area (Å²) in [6.07, 6.45) is 3.27. The summed E-state index contributed by atoms with van der Waals surface area (Å²) in [6, 6.07) is 6.56. The van der Waals surface area contributed by atoms with Crippen molar-refractivity contribution in [3.05, 3.63) is 79.9 Å². The normalized spacial score (nSPS) is 15.9. The number of hydrogen-bond acceptors (Lipinski definition) is 7. The Balaban J connectivity index is 1.84. The van der Waals surface area contributed by atoms with Crippen LogP contribution in [0.2, 0.25) is 0 Å². The molecule has 0 fully saturated rings. The van der Waals surface area contributed by atoms with Crippen molar-refractivity contribution >= 4 is 33.3 Å². The molecule has 0 saturated heterocycles. The molecule has 0 N–H and O–H groups in total. The molecule has 29 heavy (non-hydrogen) atoms. The Morgan fingerprint density at radius 3 is 2.45 bits per heavy atom. The highest BCUT2D eigenvalue weighted by molar-refractivity contribution is 7.15. The van der Waals surface area contributed by atoms with E-state index in [2.05, 4.69) is 15.2 Å². The molecule has 144 valence electrons. The molecule has 7 nitrogen and oxygen atoms in total. The number of fused-ring (bicyclic) bond motifs is 2. The summed E-state index contributed by atoms with van der Waals surface area (Å²) in [5, 5.41) is 9.81. The predicted molar refractivity (Wildman–Crippen MR) is 109 cm³/mol. The van der Waals surface area contributed by atoms with Crippen LogP contribution in [0.3, 0.4) is 0 Å². The third-order valence-corrected chi connectivity index (χ3v) is 6.07. The Labute approximate surface area is 169 Å². The number of nitrogens with zero attached hydrogens (tertiary/aromatic N) is 4. The first-order valence-corrected chi connectivity index (χ1v) is 9.89. The van der Waals surface area contributed by atoms with Crippen LogP contribution in [0.5, 0.6) is 0 Å². The molecule has 1 atom stereocenters. The van der Waals surface area contributed by atoms with Crippen LogP contribution in [0.15, 0.2) is 45.9 Å². The van der Waals surface area contributed by atoms with Crippen molar-refractivity contribution in [2.24, 2.45) is 0 Å². The van der Waals surface area contributed by atoms with Gasteiger partial charge in [0.05, 0.1) is 17.0 Å². The van der Waals surface area contributed by atoms with Crippen LogP contribution < -0.4 is 10.3 Å². The highest BCUT2D eigenvalue weighted by Crippen LogP contribution is 2.41. The minimum atomic E-state index is -0.643. The lowest BCUT2D eigenvalue weighted by Gasteiger charge is -2.21. The van der Waals surface area contributed by atoms with Gasteiger partial charge in [-0.3, -0.25) is 19.5 Å². The van der Waals surface area contributed by atoms with E-state index in [1.807, 2.05) is 26.8 Å². The first-order chi connectivity index (χ1) is 14.0. The van der Waals surface area contributed by atoms with Gasteiger partial charge < -0.3 is 4.42 Å². The summed E-state index contributed by atoms with van der Waals surface area (Å²) in [4.78, 5) is 32.4. The van der Waals surface area contributed by atoms with Crippen molar-refractivity contribution < 1.29 is 9.21 Å². The Bertz CT molecular complexity index is 1340. The largest absolute Gasteiger partial charge is 0.450 e. The van der Waals surface area contributed by atoms with Gasteiger partial charge >= 0.3 is 0 Å². The number of pyridine rings is 1. The van der Waals surface area contributed by atoms with Crippen LogP contribution in [-0.2, 0) is 0 Å². The van der Waals surface area contributed by atoms with Gasteiger partial charge in [-0.1, -0.05) is 11.3 Å². The molecule has 1 aliphatic rings. The van der Waals surface area contributed by atoms with Crippen LogP contribution >= 0.6 is 11.3 Å². The monoisotopic (exact) mass is 404 g/mol. The summed E-state index contributed by atoms with van der Waals surface area (Å²) in [6.45, 7) is 5.71. The zero-order valence-electron chi connectivity index (χ0n) is 16.0. The van der Waals surface area contributed by atoms with Gasteiger partial charge in [0.2, 0.25) is 10.9 Å². The second kappa shape index (κ2) is 6.31. The molecule has 0 radical (unpaired) electrons. The first kappa shape index (κ1) is 17.7. The number of carbonyl (C=O) groups is 1. The van der Waals surface area contributed by atoms with Crippen molar-refractivity contribution in [1.82, 2.24) is 15.2 Å². The van der Waals surface area contributed by atoms with E-state index in [0.717, 1.165) is 21.7 Å². The van der Waals surface area contributed by atoms with E-state index in [4.69, 9.17) is 4.42 Å². The summed E-state index contributed by atoms with van der Waals surface area (Å²) in [5.74, 6) is -0.337. The van der Waals surface area contributed by atoms with Crippen LogP contribution in [0.4, 0.5) is 5.13 Å². The van der Waals surface area contributed by atoms with E-state index >= 15 is 0 Å². The molecule has 0 spiro atoms. The third-order valence-electron chi connectivity index (χ3n) is 5.23. The number of benzene rings is 1. The van der Waals surface area contributed by atoms with Gasteiger partial charge in [-0.15, -0.1) is 10.2 Å². The molecule has 0 saturated carbocycles. The average molecular weight is 404 g/mol. The fraction of sp³-hybridized carbons (Fsp3) is 0.190. The topological polar surface area (TPSA) is 89.2 Å². The maximum absolute atomic E-state index is 13.5. The summed E-state index contributed by atoms with van der Waals surface area (Å²) in [5.41, 5.74) is 3.27. The van der Waals surface area contributed by atoms with E-state index in [1.165, 1.54) is 16.2 Å². The number of carbonyl (C=O) groups excluding carboxylic acids is 1. The maximum Gasteiger partial charge on any atom is 0.297 e. The van der Waals surface area contributed by atoms with Gasteiger partial charge in [0, 0.05) is 12.4 Å². The predicted octanol–water partition coefficient (Wildman–Crippen LogP) is 3.71. The lowest BCUT2D eigenvalue weighted by molar-refractivity contribution is 0.0970. The molecule has 1 aromatic carbocycles. The molecule has 3 aromatic heterocycles. The Morgan fingerprint density at radius 2 is 1.76 bits per heavy atom. The minimum Gasteiger partial charge on any atom is -0.450 e. The minimum absolute atomic E-state index is 0.0559. The van der Waals surface area contributed by atoms with Gasteiger partial charge in [-0.05, 0) is 61.7 Å².